The van der Waals surface area contributed by atoms with Crippen LogP contribution in [0.15, 0.2) is 53.4 Å². The summed E-state index contributed by atoms with van der Waals surface area (Å²) >= 11 is 0. The fraction of sp³-hybridized carbons (Fsp3) is 0.368. The molecule has 27 heavy (non-hydrogen) atoms. The fourth-order valence-electron chi connectivity index (χ4n) is 3.31. The number of nitrogens with one attached hydrogen (secondary N) is 1. The van der Waals surface area contributed by atoms with E-state index in [0.29, 0.717) is 0 Å². The summed E-state index contributed by atoms with van der Waals surface area (Å²) in [5, 5.41) is 11.1. The predicted molar refractivity (Wildman–Crippen MR) is 103 cm³/mol. The number of benzene rings is 2. The third-order valence-electron chi connectivity index (χ3n) is 4.66. The first-order valence-electron chi connectivity index (χ1n) is 8.99. The van der Waals surface area contributed by atoms with Crippen LogP contribution in [0, 0.1) is 10.1 Å². The standard InChI is InChI=1S/C19H23N3O4S/c23-22(24)18-9-2-3-10-19(18)27(25,26)20-14-16-7-6-8-17(13-16)15-21-11-4-1-5-12-21/h2-3,6-10,13,20H,1,4-5,11-12,14-15H2. The maximum absolute atomic E-state index is 12.5. The first-order chi connectivity index (χ1) is 13.0. The molecule has 1 fully saturated rings. The Morgan fingerprint density at radius 2 is 1.70 bits per heavy atom. The Bertz CT molecular complexity index is 909. The largest absolute Gasteiger partial charge is 0.299 e. The highest BCUT2D eigenvalue weighted by atomic mass is 32.2. The normalized spacial score (nSPS) is 15.6. The van der Waals surface area contributed by atoms with Gasteiger partial charge in [0.1, 0.15) is 0 Å². The maximum atomic E-state index is 12.5. The van der Waals surface area contributed by atoms with Crippen molar-refractivity contribution in [3.8, 4) is 0 Å². The molecule has 1 heterocycles. The minimum Gasteiger partial charge on any atom is -0.299 e. The average Bonchev–Trinajstić information content (AvgIpc) is 2.67. The molecule has 2 aromatic rings. The van der Waals surface area contributed by atoms with Gasteiger partial charge in [0.2, 0.25) is 10.0 Å². The van der Waals surface area contributed by atoms with Crippen LogP contribution < -0.4 is 4.72 Å². The van der Waals surface area contributed by atoms with Crippen molar-refractivity contribution in [3.63, 3.8) is 0 Å². The number of hydrogen-bond acceptors (Lipinski definition) is 5. The second-order valence-corrected chi connectivity index (χ2v) is 8.44. The molecule has 0 aromatic heterocycles. The van der Waals surface area contributed by atoms with Gasteiger partial charge in [0.05, 0.1) is 4.92 Å². The van der Waals surface area contributed by atoms with Gasteiger partial charge in [0.15, 0.2) is 4.90 Å². The van der Waals surface area contributed by atoms with Crippen LogP contribution >= 0.6 is 0 Å². The minimum absolute atomic E-state index is 0.0855. The molecule has 0 saturated carbocycles. The Balaban J connectivity index is 1.69. The first-order valence-corrected chi connectivity index (χ1v) is 10.5. The lowest BCUT2D eigenvalue weighted by molar-refractivity contribution is -0.387. The van der Waals surface area contributed by atoms with Crippen molar-refractivity contribution in [3.05, 3.63) is 69.8 Å². The molecule has 7 nitrogen and oxygen atoms in total. The topological polar surface area (TPSA) is 92.5 Å². The second kappa shape index (κ2) is 8.60. The Morgan fingerprint density at radius 3 is 2.44 bits per heavy atom. The predicted octanol–water partition coefficient (Wildman–Crippen LogP) is 3.06. The smallest absolute Gasteiger partial charge is 0.289 e. The lowest BCUT2D eigenvalue weighted by Crippen LogP contribution is -2.29. The van der Waals surface area contributed by atoms with Crippen LogP contribution in [0.1, 0.15) is 30.4 Å². The highest BCUT2D eigenvalue weighted by Crippen LogP contribution is 2.23. The molecule has 1 aliphatic heterocycles. The second-order valence-electron chi connectivity index (χ2n) is 6.71. The number of nitrogens with zero attached hydrogens (tertiary/aromatic N) is 2. The summed E-state index contributed by atoms with van der Waals surface area (Å²) in [4.78, 5) is 12.5. The number of nitro groups is 1. The molecule has 144 valence electrons. The highest BCUT2D eigenvalue weighted by Gasteiger charge is 2.24. The van der Waals surface area contributed by atoms with E-state index in [1.807, 2.05) is 24.3 Å². The third-order valence-corrected chi connectivity index (χ3v) is 6.11. The van der Waals surface area contributed by atoms with Gasteiger partial charge >= 0.3 is 0 Å². The van der Waals surface area contributed by atoms with Crippen molar-refractivity contribution in [1.82, 2.24) is 9.62 Å². The van der Waals surface area contributed by atoms with E-state index in [1.165, 1.54) is 43.5 Å². The molecule has 2 aromatic carbocycles. The molecule has 1 aliphatic rings. The van der Waals surface area contributed by atoms with Gasteiger partial charge in [-0.05, 0) is 43.1 Å². The number of nitro benzene ring substituents is 1. The molecule has 0 atom stereocenters. The summed E-state index contributed by atoms with van der Waals surface area (Å²) in [7, 11) is -3.98. The van der Waals surface area contributed by atoms with Gasteiger partial charge in [0, 0.05) is 19.2 Å². The van der Waals surface area contributed by atoms with Gasteiger partial charge in [-0.2, -0.15) is 0 Å². The monoisotopic (exact) mass is 389 g/mol. The zero-order valence-electron chi connectivity index (χ0n) is 15.0. The van der Waals surface area contributed by atoms with Gasteiger partial charge in [-0.15, -0.1) is 0 Å². The van der Waals surface area contributed by atoms with Crippen molar-refractivity contribution in [2.45, 2.75) is 37.2 Å². The van der Waals surface area contributed by atoms with E-state index in [9.17, 15) is 18.5 Å². The van der Waals surface area contributed by atoms with Crippen LogP contribution in [0.2, 0.25) is 0 Å². The average molecular weight is 389 g/mol. The van der Waals surface area contributed by atoms with E-state index in [4.69, 9.17) is 0 Å². The zero-order valence-corrected chi connectivity index (χ0v) is 15.8. The van der Waals surface area contributed by atoms with Crippen molar-refractivity contribution < 1.29 is 13.3 Å². The van der Waals surface area contributed by atoms with Crippen molar-refractivity contribution in [2.75, 3.05) is 13.1 Å². The van der Waals surface area contributed by atoms with Gasteiger partial charge in [0.25, 0.3) is 5.69 Å². The highest BCUT2D eigenvalue weighted by molar-refractivity contribution is 7.89. The summed E-state index contributed by atoms with van der Waals surface area (Å²) in [6, 6.07) is 13.1. The van der Waals surface area contributed by atoms with Crippen LogP contribution in [0.25, 0.3) is 0 Å². The molecule has 1 saturated heterocycles. The molecule has 0 bridgehead atoms. The van der Waals surface area contributed by atoms with Crippen LogP contribution in [0.5, 0.6) is 0 Å². The van der Waals surface area contributed by atoms with E-state index >= 15 is 0 Å². The number of rotatable bonds is 7. The Hall–Kier alpha value is -2.29. The number of hydrogen-bond donors (Lipinski definition) is 1. The van der Waals surface area contributed by atoms with Crippen molar-refractivity contribution >= 4 is 15.7 Å². The summed E-state index contributed by atoms with van der Waals surface area (Å²) < 4.78 is 27.5. The van der Waals surface area contributed by atoms with E-state index < -0.39 is 20.6 Å². The third kappa shape index (κ3) is 5.12. The number of para-hydroxylation sites is 1. The number of sulfonamides is 1. The Labute approximate surface area is 159 Å². The quantitative estimate of drug-likeness (QED) is 0.580. The van der Waals surface area contributed by atoms with Crippen LogP contribution in [0.3, 0.4) is 0 Å². The van der Waals surface area contributed by atoms with Gasteiger partial charge in [-0.3, -0.25) is 15.0 Å². The zero-order chi connectivity index (χ0) is 19.3. The lowest BCUT2D eigenvalue weighted by atomic mass is 10.1. The van der Waals surface area contributed by atoms with E-state index in [1.54, 1.807) is 0 Å². The molecule has 0 aliphatic carbocycles. The summed E-state index contributed by atoms with van der Waals surface area (Å²) in [6.07, 6.45) is 3.72. The molecule has 8 heteroatoms. The van der Waals surface area contributed by atoms with Gasteiger partial charge in [-0.25, -0.2) is 13.1 Å². The Morgan fingerprint density at radius 1 is 1.00 bits per heavy atom. The lowest BCUT2D eigenvalue weighted by Gasteiger charge is -2.26. The van der Waals surface area contributed by atoms with Crippen LogP contribution in [0.4, 0.5) is 5.69 Å². The molecule has 0 radical (unpaired) electrons. The van der Waals surface area contributed by atoms with Crippen LogP contribution in [-0.4, -0.2) is 31.3 Å². The molecule has 3 rings (SSSR count). The van der Waals surface area contributed by atoms with Crippen LogP contribution in [-0.2, 0) is 23.1 Å². The van der Waals surface area contributed by atoms with Gasteiger partial charge in [-0.1, -0.05) is 42.8 Å². The number of likely N-dealkylation sites (tertiary alicyclic amines) is 1. The molecule has 0 unspecified atom stereocenters. The summed E-state index contributed by atoms with van der Waals surface area (Å²) in [5.74, 6) is 0. The maximum Gasteiger partial charge on any atom is 0.289 e. The minimum atomic E-state index is -3.98. The molecule has 1 N–H and O–H groups in total. The van der Waals surface area contributed by atoms with E-state index in [2.05, 4.69) is 9.62 Å². The number of piperidine rings is 1. The van der Waals surface area contributed by atoms with Crippen molar-refractivity contribution in [2.24, 2.45) is 0 Å². The SMILES string of the molecule is O=[N+]([O-])c1ccccc1S(=O)(=O)NCc1cccc(CN2CCCCC2)c1. The van der Waals surface area contributed by atoms with E-state index in [-0.39, 0.29) is 11.4 Å². The first kappa shape index (κ1) is 19.5. The van der Waals surface area contributed by atoms with Gasteiger partial charge < -0.3 is 0 Å². The molecule has 0 amide bonds. The molecular formula is C19H23N3O4S. The fourth-order valence-corrected chi connectivity index (χ4v) is 4.49. The molecular weight excluding hydrogens is 366 g/mol. The molecule has 0 spiro atoms. The Kier molecular flexibility index (Phi) is 6.20. The summed E-state index contributed by atoms with van der Waals surface area (Å²) in [6.45, 7) is 3.12. The van der Waals surface area contributed by atoms with Crippen molar-refractivity contribution in [1.29, 1.82) is 0 Å². The summed E-state index contributed by atoms with van der Waals surface area (Å²) in [5.41, 5.74) is 1.54. The van der Waals surface area contributed by atoms with E-state index in [0.717, 1.165) is 30.8 Å².